The van der Waals surface area contributed by atoms with Gasteiger partial charge in [-0.2, -0.15) is 0 Å². The third-order valence-corrected chi connectivity index (χ3v) is 6.06. The molecule has 0 radical (unpaired) electrons. The Morgan fingerprint density at radius 1 is 1.21 bits per heavy atom. The summed E-state index contributed by atoms with van der Waals surface area (Å²) in [5.41, 5.74) is 2.38. The molecule has 0 saturated carbocycles. The minimum absolute atomic E-state index is 0.195. The van der Waals surface area contributed by atoms with E-state index < -0.39 is 11.8 Å². The number of imide groups is 1. The van der Waals surface area contributed by atoms with Crippen molar-refractivity contribution < 1.29 is 19.1 Å². The molecule has 2 aromatic rings. The van der Waals surface area contributed by atoms with Crippen LogP contribution in [0.1, 0.15) is 31.0 Å². The second kappa shape index (κ2) is 9.84. The van der Waals surface area contributed by atoms with E-state index in [4.69, 9.17) is 21.3 Å². The van der Waals surface area contributed by atoms with E-state index in [2.05, 4.69) is 4.98 Å². The smallest absolute Gasteiger partial charge is 0.255 e. The molecule has 10 heteroatoms. The number of likely N-dealkylation sites (tertiary alicyclic amines) is 1. The molecule has 2 saturated heterocycles. The van der Waals surface area contributed by atoms with Crippen molar-refractivity contribution >= 4 is 35.3 Å². The summed E-state index contributed by atoms with van der Waals surface area (Å²) >= 11 is 6.24. The van der Waals surface area contributed by atoms with Crippen molar-refractivity contribution in [3.05, 3.63) is 41.2 Å². The lowest BCUT2D eigenvalue weighted by molar-refractivity contribution is -0.162. The average molecular weight is 472 g/mol. The van der Waals surface area contributed by atoms with Crippen molar-refractivity contribution in [1.29, 1.82) is 0 Å². The standard InChI is InChI=1S/C23H26ClN5O4/c1-27(2)23-25-11-17(15-6-5-7-16(24)10-15)22(26-23)18-8-3-4-9-28(18)19(30)12-29-20(31)13-33-14-21(29)32/h5-7,10-11,18H,3-4,8-9,12-14H2,1-2H3/t18-/m1/s1. The molecule has 33 heavy (non-hydrogen) atoms. The minimum atomic E-state index is -0.496. The molecule has 2 fully saturated rings. The van der Waals surface area contributed by atoms with E-state index in [0.717, 1.165) is 34.6 Å². The third-order valence-electron chi connectivity index (χ3n) is 5.83. The Morgan fingerprint density at radius 2 is 1.97 bits per heavy atom. The van der Waals surface area contributed by atoms with Gasteiger partial charge in [0.15, 0.2) is 0 Å². The lowest BCUT2D eigenvalue weighted by Crippen LogP contribution is -2.52. The number of ether oxygens (including phenoxy) is 1. The number of amides is 3. The number of benzene rings is 1. The Bertz CT molecular complexity index is 1060. The third kappa shape index (κ3) is 4.99. The average Bonchev–Trinajstić information content (AvgIpc) is 2.81. The molecule has 0 unspecified atom stereocenters. The highest BCUT2D eigenvalue weighted by Crippen LogP contribution is 2.37. The van der Waals surface area contributed by atoms with Crippen LogP contribution in [0.3, 0.4) is 0 Å². The molecule has 1 aromatic carbocycles. The van der Waals surface area contributed by atoms with Crippen LogP contribution < -0.4 is 4.90 Å². The molecule has 2 aliphatic heterocycles. The van der Waals surface area contributed by atoms with Gasteiger partial charge in [-0.3, -0.25) is 19.3 Å². The van der Waals surface area contributed by atoms with Gasteiger partial charge >= 0.3 is 0 Å². The number of morpholine rings is 1. The number of piperidine rings is 1. The summed E-state index contributed by atoms with van der Waals surface area (Å²) in [6.45, 7) is -0.166. The lowest BCUT2D eigenvalue weighted by Gasteiger charge is -2.37. The second-order valence-corrected chi connectivity index (χ2v) is 8.78. The quantitative estimate of drug-likeness (QED) is 0.617. The van der Waals surface area contributed by atoms with E-state index in [-0.39, 0.29) is 31.7 Å². The van der Waals surface area contributed by atoms with Crippen LogP contribution in [0.2, 0.25) is 5.02 Å². The van der Waals surface area contributed by atoms with Crippen LogP contribution in [0, 0.1) is 0 Å². The van der Waals surface area contributed by atoms with Crippen LogP contribution >= 0.6 is 11.6 Å². The van der Waals surface area contributed by atoms with Gasteiger partial charge in [0, 0.05) is 37.4 Å². The Balaban J connectivity index is 1.70. The molecule has 1 aromatic heterocycles. The second-order valence-electron chi connectivity index (χ2n) is 8.34. The highest BCUT2D eigenvalue weighted by atomic mass is 35.5. The molecule has 3 amide bonds. The van der Waals surface area contributed by atoms with Gasteiger partial charge in [0.05, 0.1) is 11.7 Å². The van der Waals surface area contributed by atoms with Crippen LogP contribution in [0.5, 0.6) is 0 Å². The van der Waals surface area contributed by atoms with Crippen molar-refractivity contribution in [3.8, 4) is 11.1 Å². The number of hydrogen-bond donors (Lipinski definition) is 0. The topological polar surface area (TPSA) is 95.9 Å². The first-order chi connectivity index (χ1) is 15.8. The van der Waals surface area contributed by atoms with Gasteiger partial charge in [-0.1, -0.05) is 23.7 Å². The zero-order chi connectivity index (χ0) is 23.5. The maximum absolute atomic E-state index is 13.3. The van der Waals surface area contributed by atoms with Gasteiger partial charge in [-0.05, 0) is 37.0 Å². The zero-order valence-corrected chi connectivity index (χ0v) is 19.4. The fourth-order valence-corrected chi connectivity index (χ4v) is 4.36. The molecule has 0 N–H and O–H groups in total. The number of nitrogens with zero attached hydrogens (tertiary/aromatic N) is 5. The summed E-state index contributed by atoms with van der Waals surface area (Å²) in [6.07, 6.45) is 4.25. The number of hydrogen-bond acceptors (Lipinski definition) is 7. The van der Waals surface area contributed by atoms with E-state index in [0.29, 0.717) is 23.9 Å². The highest BCUT2D eigenvalue weighted by Gasteiger charge is 2.35. The SMILES string of the molecule is CN(C)c1ncc(-c2cccc(Cl)c2)c([C@H]2CCCCN2C(=O)CN2C(=O)COCC2=O)n1. The van der Waals surface area contributed by atoms with Gasteiger partial charge in [-0.15, -0.1) is 0 Å². The Hall–Kier alpha value is -3.04. The van der Waals surface area contributed by atoms with Crippen LogP contribution in [-0.2, 0) is 19.1 Å². The van der Waals surface area contributed by atoms with Crippen molar-refractivity contribution in [2.24, 2.45) is 0 Å². The summed E-state index contributed by atoms with van der Waals surface area (Å²) in [5.74, 6) is -0.743. The minimum Gasteiger partial charge on any atom is -0.362 e. The molecule has 1 atom stereocenters. The number of carbonyl (C=O) groups excluding carboxylic acids is 3. The molecule has 0 spiro atoms. The van der Waals surface area contributed by atoms with Gasteiger partial charge in [0.25, 0.3) is 11.8 Å². The lowest BCUT2D eigenvalue weighted by atomic mass is 9.93. The first kappa shape index (κ1) is 23.1. The summed E-state index contributed by atoms with van der Waals surface area (Å²) in [5, 5.41) is 0.594. The normalized spacial score (nSPS) is 19.1. The van der Waals surface area contributed by atoms with E-state index in [1.165, 1.54) is 0 Å². The Labute approximate surface area is 197 Å². The van der Waals surface area contributed by atoms with Crippen molar-refractivity contribution in [3.63, 3.8) is 0 Å². The van der Waals surface area contributed by atoms with Gasteiger partial charge in [-0.25, -0.2) is 9.97 Å². The maximum Gasteiger partial charge on any atom is 0.255 e. The zero-order valence-electron chi connectivity index (χ0n) is 18.7. The van der Waals surface area contributed by atoms with Gasteiger partial charge < -0.3 is 14.5 Å². The van der Waals surface area contributed by atoms with Crippen LogP contribution in [0.15, 0.2) is 30.5 Å². The summed E-state index contributed by atoms with van der Waals surface area (Å²) in [7, 11) is 3.72. The van der Waals surface area contributed by atoms with Crippen LogP contribution in [-0.4, -0.2) is 77.9 Å². The number of carbonyl (C=O) groups is 3. The molecule has 4 rings (SSSR count). The highest BCUT2D eigenvalue weighted by molar-refractivity contribution is 6.30. The molecular formula is C23H26ClN5O4. The molecule has 2 aliphatic rings. The molecule has 3 heterocycles. The predicted octanol–water partition coefficient (Wildman–Crippen LogP) is 2.30. The van der Waals surface area contributed by atoms with E-state index >= 15 is 0 Å². The predicted molar refractivity (Wildman–Crippen MR) is 123 cm³/mol. The van der Waals surface area contributed by atoms with Crippen LogP contribution in [0.25, 0.3) is 11.1 Å². The maximum atomic E-state index is 13.3. The van der Waals surface area contributed by atoms with Crippen molar-refractivity contribution in [2.75, 3.05) is 45.3 Å². The molecule has 174 valence electrons. The van der Waals surface area contributed by atoms with Gasteiger partial charge in [0.2, 0.25) is 11.9 Å². The monoisotopic (exact) mass is 471 g/mol. The summed E-state index contributed by atoms with van der Waals surface area (Å²) < 4.78 is 4.95. The fourth-order valence-electron chi connectivity index (χ4n) is 4.17. The molecule has 0 aliphatic carbocycles. The van der Waals surface area contributed by atoms with Crippen molar-refractivity contribution in [2.45, 2.75) is 25.3 Å². The fraction of sp³-hybridized carbons (Fsp3) is 0.435. The molecule has 0 bridgehead atoms. The summed E-state index contributed by atoms with van der Waals surface area (Å²) in [4.78, 5) is 51.4. The Morgan fingerprint density at radius 3 is 2.67 bits per heavy atom. The van der Waals surface area contributed by atoms with Crippen molar-refractivity contribution in [1.82, 2.24) is 19.8 Å². The number of anilines is 1. The first-order valence-electron chi connectivity index (χ1n) is 10.9. The Kier molecular flexibility index (Phi) is 6.90. The van der Waals surface area contributed by atoms with Crippen LogP contribution in [0.4, 0.5) is 5.95 Å². The van der Waals surface area contributed by atoms with E-state index in [9.17, 15) is 14.4 Å². The van der Waals surface area contributed by atoms with E-state index in [1.807, 2.05) is 37.2 Å². The first-order valence-corrected chi connectivity index (χ1v) is 11.2. The van der Waals surface area contributed by atoms with E-state index in [1.54, 1.807) is 17.2 Å². The summed E-state index contributed by atoms with van der Waals surface area (Å²) in [6, 6.07) is 7.13. The number of rotatable bonds is 5. The van der Waals surface area contributed by atoms with Gasteiger partial charge in [0.1, 0.15) is 19.8 Å². The number of halogens is 1. The number of aromatic nitrogens is 2. The molecule has 9 nitrogen and oxygen atoms in total. The molecular weight excluding hydrogens is 446 g/mol. The largest absolute Gasteiger partial charge is 0.362 e.